The SMILES string of the molecule is C[C@H](NS(=O)(=O)c1ccc(-c2c(C#N)c3cc(S(C)(=O)=O)cnc3n2C2CCCC2)nc1)C(F)(F)F. The number of nitrogens with one attached hydrogen (secondary N) is 1. The van der Waals surface area contributed by atoms with Crippen molar-refractivity contribution in [1.82, 2.24) is 19.3 Å². The summed E-state index contributed by atoms with van der Waals surface area (Å²) in [5, 5.41) is 10.3. The molecule has 0 saturated heterocycles. The van der Waals surface area contributed by atoms with Gasteiger partial charge in [-0.05, 0) is 38.0 Å². The summed E-state index contributed by atoms with van der Waals surface area (Å²) in [6.07, 6.45) is 1.90. The van der Waals surface area contributed by atoms with Crippen LogP contribution in [-0.2, 0) is 19.9 Å². The smallest absolute Gasteiger partial charge is 0.320 e. The topological polar surface area (TPSA) is 135 Å². The Labute approximate surface area is 205 Å². The van der Waals surface area contributed by atoms with Gasteiger partial charge in [0.1, 0.15) is 22.7 Å². The van der Waals surface area contributed by atoms with Gasteiger partial charge in [-0.3, -0.25) is 4.98 Å². The van der Waals surface area contributed by atoms with E-state index in [9.17, 15) is 35.3 Å². The fourth-order valence-electron chi connectivity index (χ4n) is 4.30. The third kappa shape index (κ3) is 4.82. The number of fused-ring (bicyclic) bond motifs is 1. The molecule has 3 heterocycles. The van der Waals surface area contributed by atoms with Crippen LogP contribution in [0.2, 0.25) is 0 Å². The van der Waals surface area contributed by atoms with Gasteiger partial charge < -0.3 is 4.57 Å². The molecule has 0 amide bonds. The fraction of sp³-hybridized carbons (Fsp3) is 0.409. The molecule has 0 unspecified atom stereocenters. The van der Waals surface area contributed by atoms with Crippen molar-refractivity contribution in [1.29, 1.82) is 5.26 Å². The number of nitrogens with zero attached hydrogens (tertiary/aromatic N) is 4. The summed E-state index contributed by atoms with van der Waals surface area (Å²) in [6, 6.07) is 3.56. The van der Waals surface area contributed by atoms with E-state index in [1.165, 1.54) is 18.3 Å². The Morgan fingerprint density at radius 1 is 1.11 bits per heavy atom. The Bertz CT molecular complexity index is 1570. The molecule has 14 heteroatoms. The lowest BCUT2D eigenvalue weighted by atomic mass is 10.1. The first-order valence-electron chi connectivity index (χ1n) is 10.9. The highest BCUT2D eigenvalue weighted by atomic mass is 32.2. The predicted molar refractivity (Wildman–Crippen MR) is 124 cm³/mol. The van der Waals surface area contributed by atoms with Crippen molar-refractivity contribution in [2.45, 2.75) is 60.7 Å². The lowest BCUT2D eigenvalue weighted by Gasteiger charge is -2.18. The Morgan fingerprint density at radius 2 is 1.75 bits per heavy atom. The van der Waals surface area contributed by atoms with E-state index in [2.05, 4.69) is 16.0 Å². The van der Waals surface area contributed by atoms with E-state index in [4.69, 9.17) is 0 Å². The maximum absolute atomic E-state index is 12.8. The van der Waals surface area contributed by atoms with Crippen molar-refractivity contribution in [3.63, 3.8) is 0 Å². The highest BCUT2D eigenvalue weighted by molar-refractivity contribution is 7.90. The van der Waals surface area contributed by atoms with E-state index in [1.54, 1.807) is 4.72 Å². The Hall–Kier alpha value is -3.02. The van der Waals surface area contributed by atoms with Gasteiger partial charge in [-0.1, -0.05) is 12.8 Å². The summed E-state index contributed by atoms with van der Waals surface area (Å²) >= 11 is 0. The molecule has 9 nitrogen and oxygen atoms in total. The van der Waals surface area contributed by atoms with Gasteiger partial charge in [0, 0.05) is 30.1 Å². The monoisotopic (exact) mass is 541 g/mol. The third-order valence-corrected chi connectivity index (χ3v) is 8.76. The van der Waals surface area contributed by atoms with Gasteiger partial charge in [-0.15, -0.1) is 0 Å². The third-order valence-electron chi connectivity index (χ3n) is 6.16. The molecule has 36 heavy (non-hydrogen) atoms. The molecule has 1 atom stereocenters. The van der Waals surface area contributed by atoms with Gasteiger partial charge in [0.2, 0.25) is 10.0 Å². The Balaban J connectivity index is 1.86. The van der Waals surface area contributed by atoms with Gasteiger partial charge in [-0.25, -0.2) is 21.8 Å². The summed E-state index contributed by atoms with van der Waals surface area (Å²) in [4.78, 5) is 8.00. The number of hydrogen-bond acceptors (Lipinski definition) is 7. The lowest BCUT2D eigenvalue weighted by Crippen LogP contribution is -2.42. The van der Waals surface area contributed by atoms with Crippen LogP contribution in [0.3, 0.4) is 0 Å². The average molecular weight is 542 g/mol. The van der Waals surface area contributed by atoms with Crippen LogP contribution in [0.5, 0.6) is 0 Å². The molecule has 1 fully saturated rings. The van der Waals surface area contributed by atoms with Crippen LogP contribution in [0.15, 0.2) is 40.4 Å². The van der Waals surface area contributed by atoms with Crippen molar-refractivity contribution in [2.75, 3.05) is 6.26 Å². The summed E-state index contributed by atoms with van der Waals surface area (Å²) < 4.78 is 91.0. The first-order valence-corrected chi connectivity index (χ1v) is 14.3. The summed E-state index contributed by atoms with van der Waals surface area (Å²) in [5.74, 6) is 0. The van der Waals surface area contributed by atoms with E-state index in [0.717, 1.165) is 44.2 Å². The van der Waals surface area contributed by atoms with Crippen molar-refractivity contribution in [3.8, 4) is 17.5 Å². The van der Waals surface area contributed by atoms with E-state index in [1.807, 2.05) is 4.57 Å². The second-order valence-corrected chi connectivity index (χ2v) is 12.5. The first kappa shape index (κ1) is 26.1. The molecule has 0 spiro atoms. The number of hydrogen-bond donors (Lipinski definition) is 1. The molecule has 0 bridgehead atoms. The average Bonchev–Trinajstić information content (AvgIpc) is 3.42. The molecule has 0 radical (unpaired) electrons. The minimum atomic E-state index is -4.76. The standard InChI is InChI=1S/C22H22F3N5O4S2/c1-13(22(23,24)25)29-36(33,34)15-7-8-19(27-11-15)20-18(10-26)17-9-16(35(2,31)32)12-28-21(17)30(20)14-5-3-4-6-14/h7-9,11-14,29H,3-6H2,1-2H3/t13-/m0/s1. The zero-order valence-electron chi connectivity index (χ0n) is 19.2. The quantitative estimate of drug-likeness (QED) is 0.503. The summed E-state index contributed by atoms with van der Waals surface area (Å²) in [5.41, 5.74) is 1.08. The van der Waals surface area contributed by atoms with Crippen LogP contribution < -0.4 is 4.72 Å². The minimum absolute atomic E-state index is 0.0410. The predicted octanol–water partition coefficient (Wildman–Crippen LogP) is 3.72. The zero-order valence-corrected chi connectivity index (χ0v) is 20.9. The molecule has 0 aliphatic heterocycles. The van der Waals surface area contributed by atoms with Gasteiger partial charge in [0.15, 0.2) is 9.84 Å². The van der Waals surface area contributed by atoms with Crippen molar-refractivity contribution >= 4 is 30.9 Å². The number of halogens is 3. The second kappa shape index (κ2) is 9.13. The molecule has 1 N–H and O–H groups in total. The maximum atomic E-state index is 12.8. The van der Waals surface area contributed by atoms with Gasteiger partial charge >= 0.3 is 6.18 Å². The number of rotatable bonds is 6. The van der Waals surface area contributed by atoms with E-state index in [-0.39, 0.29) is 22.2 Å². The summed E-state index contributed by atoms with van der Waals surface area (Å²) in [7, 11) is -8.11. The molecule has 1 saturated carbocycles. The van der Waals surface area contributed by atoms with E-state index >= 15 is 0 Å². The van der Waals surface area contributed by atoms with E-state index < -0.39 is 37.0 Å². The highest BCUT2D eigenvalue weighted by Crippen LogP contribution is 2.40. The number of alkyl halides is 3. The molecule has 192 valence electrons. The number of pyridine rings is 2. The highest BCUT2D eigenvalue weighted by Gasteiger charge is 2.39. The number of sulfone groups is 1. The molecule has 3 aromatic heterocycles. The fourth-order valence-corrected chi connectivity index (χ4v) is 6.05. The van der Waals surface area contributed by atoms with Crippen molar-refractivity contribution in [2.24, 2.45) is 0 Å². The van der Waals surface area contributed by atoms with Crippen LogP contribution in [0, 0.1) is 11.3 Å². The van der Waals surface area contributed by atoms with Crippen molar-refractivity contribution in [3.05, 3.63) is 36.2 Å². The van der Waals surface area contributed by atoms with Gasteiger partial charge in [0.25, 0.3) is 0 Å². The first-order chi connectivity index (χ1) is 16.7. The van der Waals surface area contributed by atoms with Gasteiger partial charge in [-0.2, -0.15) is 23.2 Å². The lowest BCUT2D eigenvalue weighted by molar-refractivity contribution is -0.147. The van der Waals surface area contributed by atoms with Crippen LogP contribution in [-0.4, -0.2) is 49.8 Å². The van der Waals surface area contributed by atoms with E-state index in [0.29, 0.717) is 23.7 Å². The Morgan fingerprint density at radius 3 is 2.28 bits per heavy atom. The van der Waals surface area contributed by atoms with Crippen molar-refractivity contribution < 1.29 is 30.0 Å². The van der Waals surface area contributed by atoms with Crippen LogP contribution in [0.4, 0.5) is 13.2 Å². The van der Waals surface area contributed by atoms with Crippen LogP contribution in [0.25, 0.3) is 22.4 Å². The van der Waals surface area contributed by atoms with Gasteiger partial charge in [0.05, 0.1) is 21.8 Å². The molecular weight excluding hydrogens is 519 g/mol. The molecule has 1 aliphatic rings. The number of sulfonamides is 1. The second-order valence-electron chi connectivity index (χ2n) is 8.72. The largest absolute Gasteiger partial charge is 0.404 e. The molecule has 1 aliphatic carbocycles. The molecular formula is C22H22F3N5O4S2. The molecule has 0 aromatic carbocycles. The van der Waals surface area contributed by atoms with Crippen LogP contribution >= 0.6 is 0 Å². The Kier molecular flexibility index (Phi) is 6.61. The minimum Gasteiger partial charge on any atom is -0.320 e. The molecule has 4 rings (SSSR count). The number of nitriles is 1. The van der Waals surface area contributed by atoms with Crippen LogP contribution in [0.1, 0.15) is 44.2 Å². The maximum Gasteiger partial charge on any atom is 0.404 e. The summed E-state index contributed by atoms with van der Waals surface area (Å²) in [6.45, 7) is 0.691. The normalized spacial score (nSPS) is 16.3. The molecule has 3 aromatic rings. The zero-order chi connectivity index (χ0) is 26.5. The number of aromatic nitrogens is 3.